The molecule has 1 amide bonds. The summed E-state index contributed by atoms with van der Waals surface area (Å²) < 4.78 is 11.8. The molecule has 0 radical (unpaired) electrons. The highest BCUT2D eigenvalue weighted by Crippen LogP contribution is 2.46. The van der Waals surface area contributed by atoms with E-state index in [-0.39, 0.29) is 23.7 Å². The van der Waals surface area contributed by atoms with Gasteiger partial charge < -0.3 is 20.5 Å². The standard InChI is InChI=1S/C26H36N4O3/c1-15-19-13-26(5,6)21-22(28-14-29-23(21)27)18(19)11-12-20(15)32-17-9-7-16(8-10-17)30-24(31)33-25(2,3)4/h11-12,14,16-17H,7-10,13H2,1-6H3,(H,30,31)(H2,27,28,29). The van der Waals surface area contributed by atoms with Gasteiger partial charge in [-0.05, 0) is 88.5 Å². The van der Waals surface area contributed by atoms with Crippen LogP contribution in [0.5, 0.6) is 5.75 Å². The van der Waals surface area contributed by atoms with E-state index in [0.29, 0.717) is 5.82 Å². The molecule has 3 N–H and O–H groups in total. The molecule has 0 saturated heterocycles. The molecule has 0 unspecified atom stereocenters. The molecule has 33 heavy (non-hydrogen) atoms. The second-order valence-corrected chi connectivity index (χ2v) is 11.0. The number of amides is 1. The van der Waals surface area contributed by atoms with Crippen LogP contribution in [-0.2, 0) is 16.6 Å². The summed E-state index contributed by atoms with van der Waals surface area (Å²) in [7, 11) is 0. The maximum atomic E-state index is 12.1. The van der Waals surface area contributed by atoms with Gasteiger partial charge >= 0.3 is 6.09 Å². The molecule has 1 saturated carbocycles. The Bertz CT molecular complexity index is 1050. The third-order valence-corrected chi connectivity index (χ3v) is 6.66. The van der Waals surface area contributed by atoms with Gasteiger partial charge in [-0.1, -0.05) is 13.8 Å². The van der Waals surface area contributed by atoms with Crippen LogP contribution >= 0.6 is 0 Å². The summed E-state index contributed by atoms with van der Waals surface area (Å²) in [6, 6.07) is 4.29. The first-order valence-corrected chi connectivity index (χ1v) is 11.8. The maximum Gasteiger partial charge on any atom is 0.407 e. The number of benzene rings is 1. The molecule has 0 atom stereocenters. The van der Waals surface area contributed by atoms with Crippen molar-refractivity contribution in [1.82, 2.24) is 15.3 Å². The van der Waals surface area contributed by atoms with Crippen LogP contribution in [0.1, 0.15) is 77.0 Å². The number of nitrogens with zero attached hydrogens (tertiary/aromatic N) is 2. The Morgan fingerprint density at radius 1 is 1.15 bits per heavy atom. The fourth-order valence-electron chi connectivity index (χ4n) is 5.09. The molecule has 1 heterocycles. The SMILES string of the molecule is Cc1c(OC2CCC(NC(=O)OC(C)(C)C)CC2)ccc2c1CC(C)(C)c1c(N)ncnc1-2. The lowest BCUT2D eigenvalue weighted by Gasteiger charge is -2.35. The van der Waals surface area contributed by atoms with Crippen LogP contribution in [0.3, 0.4) is 0 Å². The maximum absolute atomic E-state index is 12.1. The summed E-state index contributed by atoms with van der Waals surface area (Å²) in [6.07, 6.45) is 5.76. The van der Waals surface area contributed by atoms with Gasteiger partial charge in [0, 0.05) is 17.2 Å². The van der Waals surface area contributed by atoms with Crippen molar-refractivity contribution in [2.45, 2.75) is 96.8 Å². The van der Waals surface area contributed by atoms with Gasteiger partial charge in [0.05, 0.1) is 11.8 Å². The normalized spacial score (nSPS) is 21.5. The quantitative estimate of drug-likeness (QED) is 0.673. The lowest BCUT2D eigenvalue weighted by Crippen LogP contribution is -2.42. The van der Waals surface area contributed by atoms with Crippen molar-refractivity contribution in [2.75, 3.05) is 5.73 Å². The monoisotopic (exact) mass is 452 g/mol. The molecule has 7 heteroatoms. The fourth-order valence-corrected chi connectivity index (χ4v) is 5.09. The van der Waals surface area contributed by atoms with Crippen LogP contribution < -0.4 is 15.8 Å². The first kappa shape index (κ1) is 23.3. The summed E-state index contributed by atoms with van der Waals surface area (Å²) >= 11 is 0. The van der Waals surface area contributed by atoms with Crippen molar-refractivity contribution < 1.29 is 14.3 Å². The predicted octanol–water partition coefficient (Wildman–Crippen LogP) is 5.08. The van der Waals surface area contributed by atoms with E-state index in [0.717, 1.165) is 60.2 Å². The zero-order valence-electron chi connectivity index (χ0n) is 20.6. The lowest BCUT2D eigenvalue weighted by molar-refractivity contribution is 0.0470. The minimum Gasteiger partial charge on any atom is -0.490 e. The van der Waals surface area contributed by atoms with Gasteiger partial charge in [0.25, 0.3) is 0 Å². The second kappa shape index (κ2) is 8.50. The van der Waals surface area contributed by atoms with Crippen LogP contribution in [0, 0.1) is 6.92 Å². The first-order chi connectivity index (χ1) is 15.4. The summed E-state index contributed by atoms with van der Waals surface area (Å²) in [5.41, 5.74) is 11.1. The zero-order valence-corrected chi connectivity index (χ0v) is 20.6. The highest BCUT2D eigenvalue weighted by molar-refractivity contribution is 5.77. The Kier molecular flexibility index (Phi) is 6.01. The minimum atomic E-state index is -0.485. The van der Waals surface area contributed by atoms with Crippen LogP contribution in [0.25, 0.3) is 11.3 Å². The van der Waals surface area contributed by atoms with Gasteiger partial charge in [0.2, 0.25) is 0 Å². The summed E-state index contributed by atoms with van der Waals surface area (Å²) in [4.78, 5) is 20.9. The number of nitrogens with two attached hydrogens (primary N) is 1. The Morgan fingerprint density at radius 2 is 1.85 bits per heavy atom. The van der Waals surface area contributed by atoms with E-state index in [9.17, 15) is 4.79 Å². The molecule has 0 spiro atoms. The number of rotatable bonds is 3. The van der Waals surface area contributed by atoms with Gasteiger partial charge in [-0.25, -0.2) is 14.8 Å². The van der Waals surface area contributed by atoms with Crippen molar-refractivity contribution in [3.63, 3.8) is 0 Å². The highest BCUT2D eigenvalue weighted by atomic mass is 16.6. The van der Waals surface area contributed by atoms with Crippen LogP contribution in [0.4, 0.5) is 10.6 Å². The van der Waals surface area contributed by atoms with Crippen molar-refractivity contribution in [2.24, 2.45) is 0 Å². The predicted molar refractivity (Wildman–Crippen MR) is 129 cm³/mol. The topological polar surface area (TPSA) is 99.4 Å². The molecule has 0 aliphatic heterocycles. The van der Waals surface area contributed by atoms with E-state index in [4.69, 9.17) is 15.2 Å². The van der Waals surface area contributed by atoms with Crippen LogP contribution in [0.15, 0.2) is 18.5 Å². The number of nitrogens with one attached hydrogen (secondary N) is 1. The van der Waals surface area contributed by atoms with Crippen molar-refractivity contribution in [1.29, 1.82) is 0 Å². The van der Waals surface area contributed by atoms with Gasteiger partial charge in [-0.2, -0.15) is 0 Å². The third-order valence-electron chi connectivity index (χ3n) is 6.66. The van der Waals surface area contributed by atoms with Crippen LogP contribution in [-0.4, -0.2) is 33.8 Å². The van der Waals surface area contributed by atoms with Gasteiger partial charge in [-0.3, -0.25) is 0 Å². The molecular formula is C26H36N4O3. The molecule has 0 bridgehead atoms. The molecule has 7 nitrogen and oxygen atoms in total. The number of alkyl carbamates (subject to hydrolysis) is 1. The Labute approximate surface area is 196 Å². The molecule has 2 aliphatic rings. The van der Waals surface area contributed by atoms with Crippen molar-refractivity contribution in [3.8, 4) is 17.0 Å². The van der Waals surface area contributed by atoms with Gasteiger partial charge in [-0.15, -0.1) is 0 Å². The molecule has 2 aliphatic carbocycles. The van der Waals surface area contributed by atoms with E-state index in [2.05, 4.69) is 48.2 Å². The van der Waals surface area contributed by atoms with Gasteiger partial charge in [0.15, 0.2) is 0 Å². The van der Waals surface area contributed by atoms with E-state index in [1.807, 2.05) is 20.8 Å². The lowest BCUT2D eigenvalue weighted by atomic mass is 9.71. The molecule has 1 aromatic heterocycles. The second-order valence-electron chi connectivity index (χ2n) is 11.0. The summed E-state index contributed by atoms with van der Waals surface area (Å²) in [5.74, 6) is 1.49. The van der Waals surface area contributed by atoms with E-state index >= 15 is 0 Å². The van der Waals surface area contributed by atoms with E-state index in [1.165, 1.54) is 5.56 Å². The molecule has 178 valence electrons. The number of aromatic nitrogens is 2. The van der Waals surface area contributed by atoms with Crippen LogP contribution in [0.2, 0.25) is 0 Å². The number of hydrogen-bond acceptors (Lipinski definition) is 6. The molecule has 1 fully saturated rings. The fraction of sp³-hybridized carbons (Fsp3) is 0.577. The zero-order chi connectivity index (χ0) is 24.0. The minimum absolute atomic E-state index is 0.131. The Morgan fingerprint density at radius 3 is 2.52 bits per heavy atom. The smallest absolute Gasteiger partial charge is 0.407 e. The first-order valence-electron chi connectivity index (χ1n) is 11.8. The Balaban J connectivity index is 1.45. The number of carbonyl (C=O) groups is 1. The Hall–Kier alpha value is -2.83. The van der Waals surface area contributed by atoms with E-state index < -0.39 is 5.60 Å². The number of anilines is 1. The summed E-state index contributed by atoms with van der Waals surface area (Å²) in [6.45, 7) is 12.1. The molecular weight excluding hydrogens is 416 g/mol. The molecule has 4 rings (SSSR count). The number of carbonyl (C=O) groups excluding carboxylic acids is 1. The van der Waals surface area contributed by atoms with Gasteiger partial charge in [0.1, 0.15) is 23.5 Å². The largest absolute Gasteiger partial charge is 0.490 e. The number of nitrogen functional groups attached to an aromatic ring is 1. The highest BCUT2D eigenvalue weighted by Gasteiger charge is 2.36. The average molecular weight is 453 g/mol. The third kappa shape index (κ3) is 4.92. The average Bonchev–Trinajstić information content (AvgIpc) is 2.70. The molecule has 2 aromatic rings. The summed E-state index contributed by atoms with van der Waals surface area (Å²) in [5, 5.41) is 3.00. The molecule has 1 aromatic carbocycles. The number of hydrogen-bond donors (Lipinski definition) is 2. The number of fused-ring (bicyclic) bond motifs is 3. The van der Waals surface area contributed by atoms with E-state index in [1.54, 1.807) is 6.33 Å². The number of ether oxygens (including phenoxy) is 2. The van der Waals surface area contributed by atoms with Crippen molar-refractivity contribution in [3.05, 3.63) is 35.2 Å². The van der Waals surface area contributed by atoms with Crippen molar-refractivity contribution >= 4 is 11.9 Å².